The number of nitrogens with zero attached hydrogens (tertiary/aromatic N) is 2. The summed E-state index contributed by atoms with van der Waals surface area (Å²) in [7, 11) is 0. The van der Waals surface area contributed by atoms with Gasteiger partial charge in [-0.05, 0) is 48.2 Å². The first kappa shape index (κ1) is 29.2. The molecule has 0 saturated heterocycles. The molecule has 2 unspecified atom stereocenters. The Kier molecular flexibility index (Phi) is 7.77. The fourth-order valence-electron chi connectivity index (χ4n) is 4.48. The van der Waals surface area contributed by atoms with Gasteiger partial charge < -0.3 is 14.3 Å². The number of allylic oxidation sites excluding steroid dienone is 2. The van der Waals surface area contributed by atoms with Gasteiger partial charge in [-0.1, -0.05) is 39.8 Å². The topological polar surface area (TPSA) is 75.8 Å². The molecule has 1 aliphatic heterocycles. The Bertz CT molecular complexity index is 1390. The number of aromatic nitrogens is 1. The van der Waals surface area contributed by atoms with Crippen LogP contribution in [0.25, 0.3) is 11.5 Å². The van der Waals surface area contributed by atoms with Crippen molar-refractivity contribution in [2.45, 2.75) is 58.4 Å². The van der Waals surface area contributed by atoms with Gasteiger partial charge in [-0.3, -0.25) is 9.69 Å². The lowest BCUT2D eigenvalue weighted by Crippen LogP contribution is -2.31. The molecule has 1 aliphatic rings. The van der Waals surface area contributed by atoms with E-state index in [0.717, 1.165) is 24.3 Å². The maximum absolute atomic E-state index is 13.1. The Morgan fingerprint density at radius 2 is 1.40 bits per heavy atom. The zero-order valence-electron chi connectivity index (χ0n) is 21.8. The second-order valence-corrected chi connectivity index (χ2v) is 9.89. The standard InChI is InChI=1S/C28H26F6N2O4/c1-14(2)21-23(40-24(35-21)16-5-9-18(10-6-16)27(29,30)31)25(38)36-22(15(3)4)20(13-37)39-26(36)17-7-11-19(12-8-17)28(32,33)34/h5-15,25-26,38H,1-4H3. The van der Waals surface area contributed by atoms with Crippen molar-refractivity contribution in [3.8, 4) is 11.5 Å². The molecule has 1 aromatic heterocycles. The molecule has 0 bridgehead atoms. The monoisotopic (exact) mass is 568 g/mol. The summed E-state index contributed by atoms with van der Waals surface area (Å²) in [5.74, 6) is -0.859. The van der Waals surface area contributed by atoms with Crippen molar-refractivity contribution in [2.24, 2.45) is 5.92 Å². The predicted octanol–water partition coefficient (Wildman–Crippen LogP) is 7.59. The van der Waals surface area contributed by atoms with Crippen molar-refractivity contribution in [1.82, 2.24) is 9.88 Å². The molecule has 4 rings (SSSR count). The second-order valence-electron chi connectivity index (χ2n) is 9.89. The van der Waals surface area contributed by atoms with Gasteiger partial charge >= 0.3 is 12.4 Å². The number of hydrogen-bond acceptors (Lipinski definition) is 6. The maximum Gasteiger partial charge on any atom is 0.416 e. The number of halogens is 6. The number of ether oxygens (including phenoxy) is 1. The molecule has 2 atom stereocenters. The van der Waals surface area contributed by atoms with Crippen molar-refractivity contribution in [1.29, 1.82) is 0 Å². The number of carbonyl (C=O) groups excluding carboxylic acids is 1. The maximum atomic E-state index is 13.1. The summed E-state index contributed by atoms with van der Waals surface area (Å²) in [6, 6.07) is 8.28. The summed E-state index contributed by atoms with van der Waals surface area (Å²) in [4.78, 5) is 17.7. The highest BCUT2D eigenvalue weighted by molar-refractivity contribution is 5.72. The highest BCUT2D eigenvalue weighted by Gasteiger charge is 2.43. The van der Waals surface area contributed by atoms with Crippen LogP contribution in [0.3, 0.4) is 0 Å². The third-order valence-electron chi connectivity index (χ3n) is 6.38. The lowest BCUT2D eigenvalue weighted by Gasteiger charge is -2.33. The van der Waals surface area contributed by atoms with E-state index in [4.69, 9.17) is 9.15 Å². The summed E-state index contributed by atoms with van der Waals surface area (Å²) in [5.41, 5.74) is -0.679. The molecule has 0 saturated carbocycles. The van der Waals surface area contributed by atoms with E-state index < -0.39 is 35.9 Å². The lowest BCUT2D eigenvalue weighted by molar-refractivity contribution is -0.138. The molecule has 0 radical (unpaired) electrons. The number of rotatable bonds is 7. The summed E-state index contributed by atoms with van der Waals surface area (Å²) < 4.78 is 90.2. The first-order chi connectivity index (χ1) is 18.6. The SMILES string of the molecule is CC(C)C1=C(C=O)OC(c2ccc(C(F)(F)F)cc2)N1C(O)c1oc(-c2ccc(C(F)(F)F)cc2)nc1C(C)C. The van der Waals surface area contributed by atoms with Crippen LogP contribution < -0.4 is 0 Å². The highest BCUT2D eigenvalue weighted by Crippen LogP contribution is 2.46. The number of aliphatic hydroxyl groups is 1. The van der Waals surface area contributed by atoms with Crippen LogP contribution in [0, 0.1) is 5.92 Å². The zero-order valence-corrected chi connectivity index (χ0v) is 21.8. The number of alkyl halides is 6. The molecule has 0 amide bonds. The van der Waals surface area contributed by atoms with Crippen LogP contribution >= 0.6 is 0 Å². The van der Waals surface area contributed by atoms with Crippen molar-refractivity contribution in [3.05, 3.63) is 88.1 Å². The quantitative estimate of drug-likeness (QED) is 0.234. The van der Waals surface area contributed by atoms with E-state index in [-0.39, 0.29) is 46.1 Å². The van der Waals surface area contributed by atoms with E-state index in [2.05, 4.69) is 4.98 Å². The first-order valence-electron chi connectivity index (χ1n) is 12.3. The predicted molar refractivity (Wildman–Crippen MR) is 131 cm³/mol. The van der Waals surface area contributed by atoms with E-state index >= 15 is 0 Å². The Hall–Kier alpha value is -3.80. The van der Waals surface area contributed by atoms with Gasteiger partial charge in [0.2, 0.25) is 12.1 Å². The number of oxazole rings is 1. The number of aliphatic hydroxyl groups excluding tert-OH is 1. The molecule has 214 valence electrons. The van der Waals surface area contributed by atoms with Crippen molar-refractivity contribution in [3.63, 3.8) is 0 Å². The molecule has 0 aliphatic carbocycles. The Balaban J connectivity index is 1.79. The molecule has 40 heavy (non-hydrogen) atoms. The zero-order chi connectivity index (χ0) is 29.6. The molecule has 1 N–H and O–H groups in total. The van der Waals surface area contributed by atoms with Gasteiger partial charge in [0, 0.05) is 11.1 Å². The van der Waals surface area contributed by atoms with Crippen molar-refractivity contribution in [2.75, 3.05) is 0 Å². The van der Waals surface area contributed by atoms with Crippen molar-refractivity contribution < 1.29 is 45.4 Å². The summed E-state index contributed by atoms with van der Waals surface area (Å²) >= 11 is 0. The van der Waals surface area contributed by atoms with Gasteiger partial charge in [-0.2, -0.15) is 26.3 Å². The number of benzene rings is 2. The molecule has 12 heteroatoms. The molecule has 2 aromatic carbocycles. The van der Waals surface area contributed by atoms with Crippen LogP contribution in [0.15, 0.2) is 64.4 Å². The molecular formula is C28H26F6N2O4. The van der Waals surface area contributed by atoms with E-state index in [0.29, 0.717) is 12.0 Å². The van der Waals surface area contributed by atoms with E-state index in [1.807, 2.05) is 0 Å². The largest absolute Gasteiger partial charge is 0.461 e. The Morgan fingerprint density at radius 1 is 0.875 bits per heavy atom. The van der Waals surface area contributed by atoms with Crippen LogP contribution in [-0.4, -0.2) is 21.3 Å². The van der Waals surface area contributed by atoms with Gasteiger partial charge in [0.25, 0.3) is 0 Å². The highest BCUT2D eigenvalue weighted by atomic mass is 19.4. The number of carbonyl (C=O) groups is 1. The first-order valence-corrected chi connectivity index (χ1v) is 12.3. The van der Waals surface area contributed by atoms with Crippen LogP contribution in [-0.2, 0) is 21.9 Å². The molecule has 6 nitrogen and oxygen atoms in total. The molecule has 2 heterocycles. The minimum absolute atomic E-state index is 0.0386. The second kappa shape index (κ2) is 10.6. The number of hydrogen-bond donors (Lipinski definition) is 1. The minimum atomic E-state index is -4.57. The van der Waals surface area contributed by atoms with E-state index in [1.165, 1.54) is 29.2 Å². The van der Waals surface area contributed by atoms with Gasteiger partial charge in [0.15, 0.2) is 24.0 Å². The van der Waals surface area contributed by atoms with Crippen LogP contribution in [0.1, 0.15) is 74.2 Å². The average molecular weight is 569 g/mol. The summed E-state index contributed by atoms with van der Waals surface area (Å²) in [5, 5.41) is 11.6. The fraction of sp³-hybridized carbons (Fsp3) is 0.357. The van der Waals surface area contributed by atoms with Gasteiger partial charge in [0.1, 0.15) is 0 Å². The van der Waals surface area contributed by atoms with Crippen LogP contribution in [0.4, 0.5) is 26.3 Å². The average Bonchev–Trinajstić information content (AvgIpc) is 3.50. The van der Waals surface area contributed by atoms with Gasteiger partial charge in [-0.15, -0.1) is 0 Å². The van der Waals surface area contributed by atoms with Gasteiger partial charge in [0.05, 0.1) is 22.5 Å². The molecule has 0 spiro atoms. The lowest BCUT2D eigenvalue weighted by atomic mass is 10.0. The fourth-order valence-corrected chi connectivity index (χ4v) is 4.48. The van der Waals surface area contributed by atoms with E-state index in [1.54, 1.807) is 27.7 Å². The molecule has 3 aromatic rings. The smallest absolute Gasteiger partial charge is 0.416 e. The van der Waals surface area contributed by atoms with Crippen molar-refractivity contribution >= 4 is 6.29 Å². The normalized spacial score (nSPS) is 17.1. The Morgan fingerprint density at radius 3 is 1.85 bits per heavy atom. The van der Waals surface area contributed by atoms with E-state index in [9.17, 15) is 36.2 Å². The summed E-state index contributed by atoms with van der Waals surface area (Å²) in [6.45, 7) is 7.03. The third-order valence-corrected chi connectivity index (χ3v) is 6.38. The molecular weight excluding hydrogens is 542 g/mol. The van der Waals surface area contributed by atoms with Gasteiger partial charge in [-0.25, -0.2) is 4.98 Å². The summed E-state index contributed by atoms with van der Waals surface area (Å²) in [6.07, 6.45) is -11.4. The van der Waals surface area contributed by atoms with Crippen LogP contribution in [0.5, 0.6) is 0 Å². The third kappa shape index (κ3) is 5.58. The minimum Gasteiger partial charge on any atom is -0.461 e. The number of aldehydes is 1. The molecule has 0 fully saturated rings. The Labute approximate surface area is 225 Å². The van der Waals surface area contributed by atoms with Crippen LogP contribution in [0.2, 0.25) is 0 Å².